The molecule has 0 saturated carbocycles. The molecular formula is C10H19N. The van der Waals surface area contributed by atoms with Crippen LogP contribution in [-0.4, -0.2) is 13.1 Å². The molecule has 1 rings (SSSR count). The Morgan fingerprint density at radius 1 is 0.727 bits per heavy atom. The maximum Gasteiger partial charge on any atom is -0.00460 e. The summed E-state index contributed by atoms with van der Waals surface area (Å²) in [6, 6.07) is 0. The molecule has 0 aromatic carbocycles. The van der Waals surface area contributed by atoms with Crippen molar-refractivity contribution >= 4 is 0 Å². The van der Waals surface area contributed by atoms with Crippen molar-refractivity contribution in [3.05, 3.63) is 12.2 Å². The highest BCUT2D eigenvalue weighted by Crippen LogP contribution is 2.02. The molecule has 0 aliphatic carbocycles. The van der Waals surface area contributed by atoms with Gasteiger partial charge in [-0.3, -0.25) is 0 Å². The van der Waals surface area contributed by atoms with Gasteiger partial charge in [-0.15, -0.1) is 0 Å². The molecule has 1 nitrogen and oxygen atoms in total. The molecular weight excluding hydrogens is 134 g/mol. The summed E-state index contributed by atoms with van der Waals surface area (Å²) in [5, 5.41) is 3.45. The first-order valence-corrected chi connectivity index (χ1v) is 4.86. The monoisotopic (exact) mass is 153 g/mol. The topological polar surface area (TPSA) is 12.0 Å². The standard InChI is InChI=1S/C10H19N/c1-2-4-6-8-10-11-9-7-5-3-1/h1,3,11H,2,4-10H2. The van der Waals surface area contributed by atoms with Gasteiger partial charge in [0.2, 0.25) is 0 Å². The molecule has 0 amide bonds. The summed E-state index contributed by atoms with van der Waals surface area (Å²) in [5.74, 6) is 0. The van der Waals surface area contributed by atoms with Crippen LogP contribution in [-0.2, 0) is 0 Å². The first-order valence-electron chi connectivity index (χ1n) is 4.86. The summed E-state index contributed by atoms with van der Waals surface area (Å²) in [7, 11) is 0. The maximum absolute atomic E-state index is 3.45. The van der Waals surface area contributed by atoms with E-state index in [4.69, 9.17) is 0 Å². The zero-order chi connectivity index (χ0) is 7.78. The molecule has 1 heterocycles. The minimum Gasteiger partial charge on any atom is -0.317 e. The van der Waals surface area contributed by atoms with Crippen LogP contribution in [0.4, 0.5) is 0 Å². The van der Waals surface area contributed by atoms with Gasteiger partial charge in [-0.2, -0.15) is 0 Å². The lowest BCUT2D eigenvalue weighted by atomic mass is 10.2. The Balaban J connectivity index is 2.11. The van der Waals surface area contributed by atoms with Gasteiger partial charge >= 0.3 is 0 Å². The molecule has 1 N–H and O–H groups in total. The van der Waals surface area contributed by atoms with Gasteiger partial charge in [0.1, 0.15) is 0 Å². The fourth-order valence-corrected chi connectivity index (χ4v) is 1.39. The highest BCUT2D eigenvalue weighted by molar-refractivity contribution is 4.81. The SMILES string of the molecule is C1=CCCCNCCCCC1. The maximum atomic E-state index is 3.45. The molecule has 1 aliphatic rings. The van der Waals surface area contributed by atoms with Crippen molar-refractivity contribution in [2.75, 3.05) is 13.1 Å². The van der Waals surface area contributed by atoms with Gasteiger partial charge < -0.3 is 5.32 Å². The van der Waals surface area contributed by atoms with E-state index in [1.165, 1.54) is 51.6 Å². The summed E-state index contributed by atoms with van der Waals surface area (Å²) in [5.41, 5.74) is 0. The number of hydrogen-bond acceptors (Lipinski definition) is 1. The lowest BCUT2D eigenvalue weighted by Gasteiger charge is -2.01. The molecule has 0 atom stereocenters. The van der Waals surface area contributed by atoms with Gasteiger partial charge in [-0.05, 0) is 45.2 Å². The normalized spacial score (nSPS) is 22.5. The van der Waals surface area contributed by atoms with E-state index in [9.17, 15) is 0 Å². The highest BCUT2D eigenvalue weighted by atomic mass is 14.8. The van der Waals surface area contributed by atoms with Crippen molar-refractivity contribution in [1.82, 2.24) is 5.32 Å². The van der Waals surface area contributed by atoms with Crippen LogP contribution in [0.5, 0.6) is 0 Å². The Hall–Kier alpha value is -0.300. The zero-order valence-electron chi connectivity index (χ0n) is 7.31. The fraction of sp³-hybridized carbons (Fsp3) is 0.800. The third kappa shape index (κ3) is 5.02. The lowest BCUT2D eigenvalue weighted by Crippen LogP contribution is -2.16. The van der Waals surface area contributed by atoms with Crippen LogP contribution in [0.15, 0.2) is 12.2 Å². The largest absolute Gasteiger partial charge is 0.317 e. The number of allylic oxidation sites excluding steroid dienone is 2. The van der Waals surface area contributed by atoms with Gasteiger partial charge in [0.15, 0.2) is 0 Å². The van der Waals surface area contributed by atoms with Crippen molar-refractivity contribution in [3.63, 3.8) is 0 Å². The molecule has 0 spiro atoms. The number of rotatable bonds is 0. The van der Waals surface area contributed by atoms with Crippen molar-refractivity contribution < 1.29 is 0 Å². The molecule has 0 unspecified atom stereocenters. The van der Waals surface area contributed by atoms with Crippen LogP contribution in [0.1, 0.15) is 38.5 Å². The van der Waals surface area contributed by atoms with E-state index in [-0.39, 0.29) is 0 Å². The van der Waals surface area contributed by atoms with Crippen LogP contribution in [0.3, 0.4) is 0 Å². The second-order valence-corrected chi connectivity index (χ2v) is 3.21. The average molecular weight is 153 g/mol. The van der Waals surface area contributed by atoms with Crippen molar-refractivity contribution in [2.45, 2.75) is 38.5 Å². The Morgan fingerprint density at radius 2 is 1.45 bits per heavy atom. The highest BCUT2D eigenvalue weighted by Gasteiger charge is 1.90. The summed E-state index contributed by atoms with van der Waals surface area (Å²) < 4.78 is 0. The fourth-order valence-electron chi connectivity index (χ4n) is 1.39. The Kier molecular flexibility index (Phi) is 5.13. The number of nitrogens with one attached hydrogen (secondary N) is 1. The molecule has 0 radical (unpaired) electrons. The van der Waals surface area contributed by atoms with E-state index >= 15 is 0 Å². The minimum atomic E-state index is 1.20. The van der Waals surface area contributed by atoms with Crippen molar-refractivity contribution in [2.24, 2.45) is 0 Å². The van der Waals surface area contributed by atoms with E-state index in [0.717, 1.165) is 0 Å². The molecule has 64 valence electrons. The van der Waals surface area contributed by atoms with Gasteiger partial charge in [-0.25, -0.2) is 0 Å². The molecule has 1 heteroatoms. The molecule has 0 aromatic heterocycles. The van der Waals surface area contributed by atoms with E-state index < -0.39 is 0 Å². The number of hydrogen-bond donors (Lipinski definition) is 1. The Bertz CT molecular complexity index is 95.4. The Morgan fingerprint density at radius 3 is 2.36 bits per heavy atom. The van der Waals surface area contributed by atoms with Gasteiger partial charge in [0, 0.05) is 0 Å². The third-order valence-corrected chi connectivity index (χ3v) is 2.12. The summed E-state index contributed by atoms with van der Waals surface area (Å²) in [4.78, 5) is 0. The first kappa shape index (κ1) is 8.79. The molecule has 0 aromatic rings. The van der Waals surface area contributed by atoms with Crippen LogP contribution in [0, 0.1) is 0 Å². The second kappa shape index (κ2) is 6.41. The van der Waals surface area contributed by atoms with Crippen LogP contribution in [0.2, 0.25) is 0 Å². The van der Waals surface area contributed by atoms with Crippen LogP contribution in [0.25, 0.3) is 0 Å². The first-order chi connectivity index (χ1) is 5.50. The Labute approximate surface area is 69.9 Å². The van der Waals surface area contributed by atoms with E-state index in [0.29, 0.717) is 0 Å². The summed E-state index contributed by atoms with van der Waals surface area (Å²) in [6.07, 6.45) is 12.6. The van der Waals surface area contributed by atoms with E-state index in [1.807, 2.05) is 0 Å². The molecule has 0 saturated heterocycles. The van der Waals surface area contributed by atoms with Gasteiger partial charge in [0.05, 0.1) is 0 Å². The average Bonchev–Trinajstić information content (AvgIpc) is 2.08. The van der Waals surface area contributed by atoms with Crippen molar-refractivity contribution in [1.29, 1.82) is 0 Å². The second-order valence-electron chi connectivity index (χ2n) is 3.21. The van der Waals surface area contributed by atoms with E-state index in [1.54, 1.807) is 0 Å². The lowest BCUT2D eigenvalue weighted by molar-refractivity contribution is 0.599. The molecule has 11 heavy (non-hydrogen) atoms. The predicted octanol–water partition coefficient (Wildman–Crippen LogP) is 2.49. The van der Waals surface area contributed by atoms with Crippen molar-refractivity contribution in [3.8, 4) is 0 Å². The molecule has 0 fully saturated rings. The quantitative estimate of drug-likeness (QED) is 0.527. The summed E-state index contributed by atoms with van der Waals surface area (Å²) >= 11 is 0. The predicted molar refractivity (Wildman–Crippen MR) is 49.7 cm³/mol. The summed E-state index contributed by atoms with van der Waals surface area (Å²) in [6.45, 7) is 2.42. The van der Waals surface area contributed by atoms with Crippen LogP contribution < -0.4 is 5.32 Å². The molecule has 0 bridgehead atoms. The van der Waals surface area contributed by atoms with Gasteiger partial charge in [0.25, 0.3) is 0 Å². The van der Waals surface area contributed by atoms with E-state index in [2.05, 4.69) is 17.5 Å². The molecule has 1 aliphatic heterocycles. The third-order valence-electron chi connectivity index (χ3n) is 2.12. The van der Waals surface area contributed by atoms with Crippen LogP contribution >= 0.6 is 0 Å². The smallest absolute Gasteiger partial charge is 0.00460 e. The zero-order valence-corrected chi connectivity index (χ0v) is 7.31. The minimum absolute atomic E-state index is 1.20. The van der Waals surface area contributed by atoms with Gasteiger partial charge in [-0.1, -0.05) is 18.6 Å².